The Morgan fingerprint density at radius 2 is 2.22 bits per heavy atom. The largest absolute Gasteiger partial charge is 0.356 e. The quantitative estimate of drug-likeness (QED) is 0.743. The molecule has 0 spiro atoms. The van der Waals surface area contributed by atoms with E-state index in [1.807, 2.05) is 19.2 Å². The monoisotopic (exact) mass is 364 g/mol. The predicted molar refractivity (Wildman–Crippen MR) is 105 cm³/mol. The van der Waals surface area contributed by atoms with Crippen LogP contribution < -0.4 is 10.2 Å². The topological polar surface area (TPSA) is 86.8 Å². The fourth-order valence-corrected chi connectivity index (χ4v) is 4.06. The molecule has 1 aliphatic heterocycles. The smallest absolute Gasteiger partial charge is 0.224 e. The van der Waals surface area contributed by atoms with Crippen LogP contribution in [0.1, 0.15) is 31.5 Å². The molecule has 5 rings (SSSR count). The lowest BCUT2D eigenvalue weighted by Crippen LogP contribution is -2.44. The van der Waals surface area contributed by atoms with Gasteiger partial charge in [0.2, 0.25) is 5.91 Å². The van der Waals surface area contributed by atoms with Crippen molar-refractivity contribution in [2.75, 3.05) is 24.5 Å². The number of anilines is 1. The zero-order valence-electron chi connectivity index (χ0n) is 15.5. The molecule has 3 aromatic rings. The maximum atomic E-state index is 12.6. The van der Waals surface area contributed by atoms with Gasteiger partial charge in [-0.2, -0.15) is 0 Å². The molecule has 3 aromatic heterocycles. The molecule has 1 atom stereocenters. The van der Waals surface area contributed by atoms with Gasteiger partial charge in [-0.05, 0) is 44.6 Å². The van der Waals surface area contributed by atoms with Gasteiger partial charge >= 0.3 is 0 Å². The summed E-state index contributed by atoms with van der Waals surface area (Å²) in [6.07, 6.45) is 8.06. The van der Waals surface area contributed by atoms with Crippen molar-refractivity contribution < 1.29 is 4.79 Å². The summed E-state index contributed by atoms with van der Waals surface area (Å²) >= 11 is 0. The second-order valence-electron chi connectivity index (χ2n) is 7.85. The van der Waals surface area contributed by atoms with Crippen molar-refractivity contribution in [1.29, 1.82) is 0 Å². The van der Waals surface area contributed by atoms with Gasteiger partial charge in [-0.1, -0.05) is 0 Å². The number of carbonyl (C=O) groups is 1. The van der Waals surface area contributed by atoms with Crippen LogP contribution in [0.15, 0.2) is 18.5 Å². The molecule has 0 radical (unpaired) electrons. The van der Waals surface area contributed by atoms with E-state index in [-0.39, 0.29) is 11.8 Å². The van der Waals surface area contributed by atoms with Crippen LogP contribution in [-0.4, -0.2) is 45.5 Å². The molecular weight excluding hydrogens is 340 g/mol. The third-order valence-electron chi connectivity index (χ3n) is 5.70. The molecule has 0 bridgehead atoms. The third-order valence-corrected chi connectivity index (χ3v) is 5.70. The lowest BCUT2D eigenvalue weighted by Gasteiger charge is -2.33. The van der Waals surface area contributed by atoms with Gasteiger partial charge in [0.05, 0.1) is 23.0 Å². The molecule has 7 heteroatoms. The number of nitrogens with one attached hydrogen (secondary N) is 2. The molecular formula is C20H24N6O. The number of piperidine rings is 1. The highest BCUT2D eigenvalue weighted by molar-refractivity contribution is 6.09. The van der Waals surface area contributed by atoms with Crippen LogP contribution in [0, 0.1) is 18.8 Å². The average Bonchev–Trinajstić information content (AvgIpc) is 3.39. The Morgan fingerprint density at radius 3 is 3.07 bits per heavy atom. The molecule has 1 aliphatic carbocycles. The molecule has 1 unspecified atom stereocenters. The first kappa shape index (κ1) is 16.5. The van der Waals surface area contributed by atoms with Gasteiger partial charge in [0.15, 0.2) is 5.65 Å². The fraction of sp³-hybridized carbons (Fsp3) is 0.500. The van der Waals surface area contributed by atoms with Gasteiger partial charge in [0, 0.05) is 31.2 Å². The maximum Gasteiger partial charge on any atom is 0.224 e. The minimum atomic E-state index is 0.0222. The van der Waals surface area contributed by atoms with Crippen molar-refractivity contribution in [3.05, 3.63) is 24.3 Å². The van der Waals surface area contributed by atoms with Crippen molar-refractivity contribution in [2.24, 2.45) is 11.8 Å². The molecule has 1 saturated heterocycles. The first-order valence-corrected chi connectivity index (χ1v) is 9.82. The van der Waals surface area contributed by atoms with E-state index in [1.54, 1.807) is 6.20 Å². The van der Waals surface area contributed by atoms with Gasteiger partial charge in [-0.3, -0.25) is 4.79 Å². The molecule has 27 heavy (non-hydrogen) atoms. The molecule has 7 nitrogen and oxygen atoms in total. The number of H-pyrrole nitrogens is 1. The minimum Gasteiger partial charge on any atom is -0.356 e. The summed E-state index contributed by atoms with van der Waals surface area (Å²) in [6, 6.07) is 1.99. The van der Waals surface area contributed by atoms with Crippen LogP contribution in [-0.2, 0) is 4.79 Å². The number of aromatic amines is 1. The van der Waals surface area contributed by atoms with Crippen molar-refractivity contribution in [3.63, 3.8) is 0 Å². The maximum absolute atomic E-state index is 12.6. The molecule has 0 aromatic carbocycles. The third kappa shape index (κ3) is 3.11. The predicted octanol–water partition coefficient (Wildman–Crippen LogP) is 2.56. The molecule has 140 valence electrons. The zero-order valence-corrected chi connectivity index (χ0v) is 15.5. The van der Waals surface area contributed by atoms with Crippen LogP contribution >= 0.6 is 0 Å². The number of hydrogen-bond acceptors (Lipinski definition) is 5. The van der Waals surface area contributed by atoms with Crippen molar-refractivity contribution in [3.8, 4) is 0 Å². The van der Waals surface area contributed by atoms with Gasteiger partial charge in [-0.15, -0.1) is 0 Å². The lowest BCUT2D eigenvalue weighted by molar-refractivity contribution is -0.125. The Bertz CT molecular complexity index is 1010. The second kappa shape index (κ2) is 6.48. The summed E-state index contributed by atoms with van der Waals surface area (Å²) in [4.78, 5) is 31.8. The van der Waals surface area contributed by atoms with E-state index >= 15 is 0 Å². The van der Waals surface area contributed by atoms with E-state index < -0.39 is 0 Å². The SMILES string of the molecule is Cc1nc(N2CCCC(C(=O)NCC3CC3)C2)c2c(cnc3nccc32)[nH]1. The summed E-state index contributed by atoms with van der Waals surface area (Å²) in [5, 5.41) is 5.20. The van der Waals surface area contributed by atoms with Crippen LogP contribution in [0.5, 0.6) is 0 Å². The van der Waals surface area contributed by atoms with Crippen molar-refractivity contribution >= 4 is 33.7 Å². The van der Waals surface area contributed by atoms with Gasteiger partial charge in [-0.25, -0.2) is 15.0 Å². The molecule has 2 N–H and O–H groups in total. The van der Waals surface area contributed by atoms with E-state index in [0.29, 0.717) is 12.5 Å². The first-order valence-electron chi connectivity index (χ1n) is 9.82. The van der Waals surface area contributed by atoms with Gasteiger partial charge in [0.25, 0.3) is 0 Å². The number of fused-ring (bicyclic) bond motifs is 3. The van der Waals surface area contributed by atoms with Crippen LogP contribution in [0.25, 0.3) is 21.9 Å². The molecule has 2 fully saturated rings. The average molecular weight is 364 g/mol. The number of pyridine rings is 1. The lowest BCUT2D eigenvalue weighted by atomic mass is 9.96. The standard InChI is InChI=1S/C20H24N6O/c1-12-24-16-10-22-18-15(6-7-21-18)17(16)19(25-12)26-8-2-3-14(11-26)20(27)23-9-13-4-5-13/h6-7,10,13-14H,2-5,8-9,11H2,1H3,(H,23,27)(H,24,25). The normalized spacial score (nSPS) is 20.3. The molecule has 1 amide bonds. The zero-order chi connectivity index (χ0) is 18.4. The van der Waals surface area contributed by atoms with Gasteiger partial charge < -0.3 is 15.2 Å². The van der Waals surface area contributed by atoms with E-state index in [4.69, 9.17) is 4.98 Å². The van der Waals surface area contributed by atoms with Crippen LogP contribution in [0.3, 0.4) is 0 Å². The first-order chi connectivity index (χ1) is 13.2. The molecule has 2 aliphatic rings. The second-order valence-corrected chi connectivity index (χ2v) is 7.85. The van der Waals surface area contributed by atoms with Crippen molar-refractivity contribution in [1.82, 2.24) is 25.3 Å². The highest BCUT2D eigenvalue weighted by atomic mass is 16.1. The van der Waals surface area contributed by atoms with E-state index in [0.717, 1.165) is 59.5 Å². The van der Waals surface area contributed by atoms with E-state index in [2.05, 4.69) is 25.2 Å². The Labute approximate surface area is 157 Å². The summed E-state index contributed by atoms with van der Waals surface area (Å²) in [6.45, 7) is 4.41. The van der Waals surface area contributed by atoms with Crippen LogP contribution in [0.2, 0.25) is 0 Å². The van der Waals surface area contributed by atoms with E-state index in [9.17, 15) is 4.79 Å². The number of nitrogens with zero attached hydrogens (tertiary/aromatic N) is 4. The number of amides is 1. The van der Waals surface area contributed by atoms with Crippen molar-refractivity contribution in [2.45, 2.75) is 32.6 Å². The highest BCUT2D eigenvalue weighted by Crippen LogP contribution is 2.33. The minimum absolute atomic E-state index is 0.0222. The Morgan fingerprint density at radius 1 is 1.33 bits per heavy atom. The molecule has 1 saturated carbocycles. The Kier molecular flexibility index (Phi) is 3.95. The summed E-state index contributed by atoms with van der Waals surface area (Å²) in [5.74, 6) is 2.70. The number of rotatable bonds is 4. The Hall–Kier alpha value is -2.70. The van der Waals surface area contributed by atoms with E-state index in [1.165, 1.54) is 12.8 Å². The summed E-state index contributed by atoms with van der Waals surface area (Å²) < 4.78 is 0. The summed E-state index contributed by atoms with van der Waals surface area (Å²) in [5.41, 5.74) is 1.69. The highest BCUT2D eigenvalue weighted by Gasteiger charge is 2.29. The number of carbonyl (C=O) groups excluding carboxylic acids is 1. The number of hydrogen-bond donors (Lipinski definition) is 2. The number of aromatic nitrogens is 4. The number of aryl methyl sites for hydroxylation is 1. The fourth-order valence-electron chi connectivity index (χ4n) is 4.06. The molecule has 4 heterocycles. The van der Waals surface area contributed by atoms with Gasteiger partial charge in [0.1, 0.15) is 11.6 Å². The Balaban J connectivity index is 1.48. The van der Waals surface area contributed by atoms with Crippen LogP contribution in [0.4, 0.5) is 5.82 Å². The summed E-state index contributed by atoms with van der Waals surface area (Å²) in [7, 11) is 0.